The van der Waals surface area contributed by atoms with Gasteiger partial charge >= 0.3 is 0 Å². The lowest BCUT2D eigenvalue weighted by Gasteiger charge is -2.34. The average molecular weight is 399 g/mol. The summed E-state index contributed by atoms with van der Waals surface area (Å²) in [5, 5.41) is 10.0. The Labute approximate surface area is 171 Å². The van der Waals surface area contributed by atoms with Crippen LogP contribution in [0.25, 0.3) is 11.0 Å². The Kier molecular flexibility index (Phi) is 5.34. The topological polar surface area (TPSA) is 89.5 Å². The molecule has 2 amide bonds. The number of imidazole rings is 1. The number of aromatic amines is 1. The number of rotatable bonds is 4. The maximum Gasteiger partial charge on any atom is 0.289 e. The molecule has 2 fully saturated rings. The highest BCUT2D eigenvalue weighted by Gasteiger charge is 2.28. The Morgan fingerprint density at radius 3 is 2.41 bits per heavy atom. The smallest absolute Gasteiger partial charge is 0.289 e. The van der Waals surface area contributed by atoms with E-state index < -0.39 is 5.60 Å². The van der Waals surface area contributed by atoms with E-state index in [1.165, 1.54) is 0 Å². The van der Waals surface area contributed by atoms with Crippen molar-refractivity contribution >= 4 is 22.8 Å². The zero-order chi connectivity index (χ0) is 20.6. The molecule has 0 aliphatic carbocycles. The van der Waals surface area contributed by atoms with E-state index in [2.05, 4.69) is 9.97 Å². The van der Waals surface area contributed by atoms with Crippen LogP contribution in [0, 0.1) is 5.92 Å². The fourth-order valence-electron chi connectivity index (χ4n) is 4.54. The summed E-state index contributed by atoms with van der Waals surface area (Å²) in [4.78, 5) is 36.8. The van der Waals surface area contributed by atoms with Crippen LogP contribution in [0.1, 0.15) is 66.9 Å². The van der Waals surface area contributed by atoms with E-state index in [-0.39, 0.29) is 11.8 Å². The number of hydrogen-bond donors (Lipinski definition) is 2. The molecule has 7 heteroatoms. The number of hydrogen-bond acceptors (Lipinski definition) is 4. The van der Waals surface area contributed by atoms with Crippen LogP contribution in [0.5, 0.6) is 0 Å². The van der Waals surface area contributed by atoms with Crippen molar-refractivity contribution in [2.45, 2.75) is 51.6 Å². The Balaban J connectivity index is 1.44. The van der Waals surface area contributed by atoms with Crippen molar-refractivity contribution in [2.75, 3.05) is 26.2 Å². The number of carbonyl (C=O) groups is 2. The molecule has 0 atom stereocenters. The molecule has 4 rings (SSSR count). The molecule has 0 bridgehead atoms. The maximum atomic E-state index is 12.9. The molecule has 3 heterocycles. The first-order valence-corrected chi connectivity index (χ1v) is 10.6. The van der Waals surface area contributed by atoms with E-state index in [0.717, 1.165) is 50.7 Å². The molecule has 0 spiro atoms. The molecule has 156 valence electrons. The van der Waals surface area contributed by atoms with Crippen molar-refractivity contribution in [1.82, 2.24) is 19.8 Å². The Morgan fingerprint density at radius 1 is 1.10 bits per heavy atom. The molecule has 1 aromatic carbocycles. The Hall–Kier alpha value is -2.41. The number of nitrogens with one attached hydrogen (secondary N) is 1. The maximum absolute atomic E-state index is 12.9. The van der Waals surface area contributed by atoms with Gasteiger partial charge in [-0.3, -0.25) is 9.59 Å². The fraction of sp³-hybridized carbons (Fsp3) is 0.591. The van der Waals surface area contributed by atoms with Gasteiger partial charge in [-0.1, -0.05) is 0 Å². The molecule has 7 nitrogen and oxygen atoms in total. The minimum atomic E-state index is -0.667. The summed E-state index contributed by atoms with van der Waals surface area (Å²) in [6.07, 6.45) is 4.66. The first-order valence-electron chi connectivity index (χ1n) is 10.6. The highest BCUT2D eigenvalue weighted by atomic mass is 16.3. The third-order valence-electron chi connectivity index (χ3n) is 6.02. The van der Waals surface area contributed by atoms with Crippen LogP contribution < -0.4 is 0 Å². The van der Waals surface area contributed by atoms with E-state index in [1.807, 2.05) is 29.7 Å². The quantitative estimate of drug-likeness (QED) is 0.829. The van der Waals surface area contributed by atoms with Crippen molar-refractivity contribution in [1.29, 1.82) is 0 Å². The Morgan fingerprint density at radius 2 is 1.76 bits per heavy atom. The van der Waals surface area contributed by atoms with Gasteiger partial charge in [-0.05, 0) is 70.1 Å². The summed E-state index contributed by atoms with van der Waals surface area (Å²) in [5.74, 6) is 0.699. The minimum Gasteiger partial charge on any atom is -0.390 e. The number of nitrogens with zero attached hydrogens (tertiary/aromatic N) is 3. The lowest BCUT2D eigenvalue weighted by molar-refractivity contribution is 0.0355. The number of amides is 2. The predicted molar refractivity (Wildman–Crippen MR) is 111 cm³/mol. The number of likely N-dealkylation sites (tertiary alicyclic amines) is 2. The van der Waals surface area contributed by atoms with Crippen molar-refractivity contribution in [2.24, 2.45) is 5.92 Å². The second-order valence-electron chi connectivity index (χ2n) is 9.07. The van der Waals surface area contributed by atoms with Gasteiger partial charge in [0, 0.05) is 31.7 Å². The number of benzene rings is 1. The first-order chi connectivity index (χ1) is 13.8. The van der Waals surface area contributed by atoms with Gasteiger partial charge in [0.2, 0.25) is 0 Å². The summed E-state index contributed by atoms with van der Waals surface area (Å²) >= 11 is 0. The van der Waals surface area contributed by atoms with Gasteiger partial charge in [0.1, 0.15) is 0 Å². The molecule has 2 aliphatic rings. The highest BCUT2D eigenvalue weighted by molar-refractivity contribution is 5.99. The molecule has 2 N–H and O–H groups in total. The van der Waals surface area contributed by atoms with Gasteiger partial charge in [-0.2, -0.15) is 0 Å². The third kappa shape index (κ3) is 4.45. The van der Waals surface area contributed by atoms with Crippen LogP contribution in [-0.2, 0) is 0 Å². The number of H-pyrrole nitrogens is 1. The lowest BCUT2D eigenvalue weighted by atomic mass is 9.86. The summed E-state index contributed by atoms with van der Waals surface area (Å²) < 4.78 is 0. The molecule has 1 aromatic heterocycles. The van der Waals surface area contributed by atoms with Gasteiger partial charge in [0.25, 0.3) is 11.8 Å². The molecule has 0 saturated carbocycles. The summed E-state index contributed by atoms with van der Waals surface area (Å²) in [5.41, 5.74) is 1.37. The highest BCUT2D eigenvalue weighted by Crippen LogP contribution is 2.27. The van der Waals surface area contributed by atoms with E-state index in [4.69, 9.17) is 0 Å². The minimum absolute atomic E-state index is 0.0363. The lowest BCUT2D eigenvalue weighted by Crippen LogP contribution is -2.40. The molecule has 0 radical (unpaired) electrons. The zero-order valence-electron chi connectivity index (χ0n) is 17.3. The van der Waals surface area contributed by atoms with E-state index >= 15 is 0 Å². The van der Waals surface area contributed by atoms with Crippen molar-refractivity contribution < 1.29 is 14.7 Å². The molecule has 2 saturated heterocycles. The van der Waals surface area contributed by atoms with Gasteiger partial charge in [-0.25, -0.2) is 4.98 Å². The Bertz CT molecular complexity index is 900. The number of aromatic nitrogens is 2. The molecular weight excluding hydrogens is 368 g/mol. The van der Waals surface area contributed by atoms with E-state index in [0.29, 0.717) is 35.9 Å². The second-order valence-corrected chi connectivity index (χ2v) is 9.07. The van der Waals surface area contributed by atoms with Crippen molar-refractivity contribution in [3.8, 4) is 0 Å². The number of piperidine rings is 1. The largest absolute Gasteiger partial charge is 0.390 e. The second kappa shape index (κ2) is 7.78. The van der Waals surface area contributed by atoms with Crippen LogP contribution >= 0.6 is 0 Å². The van der Waals surface area contributed by atoms with Crippen LogP contribution in [0.3, 0.4) is 0 Å². The standard InChI is InChI=1S/C22H30N4O3/c1-22(2,29)14-15-7-11-26(12-8-15)21(28)19-23-17-6-5-16(13-18(17)24-19)20(27)25-9-3-4-10-25/h5-6,13,15,29H,3-4,7-12,14H2,1-2H3,(H,23,24). The first kappa shape index (κ1) is 19.9. The van der Waals surface area contributed by atoms with Crippen LogP contribution in [0.15, 0.2) is 18.2 Å². The number of aliphatic hydroxyl groups is 1. The molecular formula is C22H30N4O3. The SMILES string of the molecule is CC(C)(O)CC1CCN(C(=O)c2nc3cc(C(=O)N4CCCC4)ccc3[nH]2)CC1. The summed E-state index contributed by atoms with van der Waals surface area (Å²) in [6, 6.07) is 5.41. The van der Waals surface area contributed by atoms with Crippen LogP contribution in [0.4, 0.5) is 0 Å². The fourth-order valence-corrected chi connectivity index (χ4v) is 4.54. The summed E-state index contributed by atoms with van der Waals surface area (Å²) in [6.45, 7) is 6.64. The normalized spacial score (nSPS) is 18.6. The predicted octanol–water partition coefficient (Wildman–Crippen LogP) is 2.81. The van der Waals surface area contributed by atoms with Gasteiger partial charge < -0.3 is 19.9 Å². The van der Waals surface area contributed by atoms with Gasteiger partial charge in [-0.15, -0.1) is 0 Å². The zero-order valence-corrected chi connectivity index (χ0v) is 17.3. The van der Waals surface area contributed by atoms with Gasteiger partial charge in [0.05, 0.1) is 16.6 Å². The molecule has 29 heavy (non-hydrogen) atoms. The van der Waals surface area contributed by atoms with Crippen LogP contribution in [-0.4, -0.2) is 68.5 Å². The van der Waals surface area contributed by atoms with Gasteiger partial charge in [0.15, 0.2) is 5.82 Å². The molecule has 2 aliphatic heterocycles. The summed E-state index contributed by atoms with van der Waals surface area (Å²) in [7, 11) is 0. The number of carbonyl (C=O) groups excluding carboxylic acids is 2. The monoisotopic (exact) mass is 398 g/mol. The molecule has 2 aromatic rings. The molecule has 0 unspecified atom stereocenters. The average Bonchev–Trinajstić information content (AvgIpc) is 3.35. The van der Waals surface area contributed by atoms with Crippen molar-refractivity contribution in [3.63, 3.8) is 0 Å². The van der Waals surface area contributed by atoms with E-state index in [9.17, 15) is 14.7 Å². The number of fused-ring (bicyclic) bond motifs is 1. The van der Waals surface area contributed by atoms with Crippen molar-refractivity contribution in [3.05, 3.63) is 29.6 Å². The third-order valence-corrected chi connectivity index (χ3v) is 6.02. The van der Waals surface area contributed by atoms with Crippen LogP contribution in [0.2, 0.25) is 0 Å². The van der Waals surface area contributed by atoms with E-state index in [1.54, 1.807) is 12.1 Å².